The zero-order valence-electron chi connectivity index (χ0n) is 19.9. The van der Waals surface area contributed by atoms with Crippen LogP contribution in [0, 0.1) is 6.92 Å². The number of nitrogens with zero attached hydrogens (tertiary/aromatic N) is 1. The minimum atomic E-state index is -0.481. The van der Waals surface area contributed by atoms with Gasteiger partial charge in [0.1, 0.15) is 5.75 Å². The predicted octanol–water partition coefficient (Wildman–Crippen LogP) is 5.44. The van der Waals surface area contributed by atoms with Crippen LogP contribution in [-0.2, 0) is 17.8 Å². The van der Waals surface area contributed by atoms with Crippen molar-refractivity contribution in [2.75, 3.05) is 13.1 Å². The quantitative estimate of drug-likeness (QED) is 0.505. The van der Waals surface area contributed by atoms with E-state index >= 15 is 0 Å². The Morgan fingerprint density at radius 1 is 1.06 bits per heavy atom. The lowest BCUT2D eigenvalue weighted by molar-refractivity contribution is -0.128. The maximum absolute atomic E-state index is 12.4. The van der Waals surface area contributed by atoms with Crippen molar-refractivity contribution < 1.29 is 9.53 Å². The summed E-state index contributed by atoms with van der Waals surface area (Å²) in [5.74, 6) is 0.698. The second kappa shape index (κ2) is 10.7. The zero-order chi connectivity index (χ0) is 23.2. The number of nitrogens with one attached hydrogen (secondary N) is 1. The number of aryl methyl sites for hydroxylation is 1. The second-order valence-corrected chi connectivity index (χ2v) is 8.79. The molecular formula is C29H34N2O2. The Kier molecular flexibility index (Phi) is 7.46. The van der Waals surface area contributed by atoms with Crippen molar-refractivity contribution >= 4 is 5.91 Å². The number of hydrogen-bond acceptors (Lipinski definition) is 3. The van der Waals surface area contributed by atoms with Crippen molar-refractivity contribution in [3.8, 4) is 5.75 Å². The van der Waals surface area contributed by atoms with Crippen LogP contribution in [0.5, 0.6) is 5.75 Å². The monoisotopic (exact) mass is 442 g/mol. The van der Waals surface area contributed by atoms with E-state index in [2.05, 4.69) is 83.9 Å². The predicted molar refractivity (Wildman–Crippen MR) is 133 cm³/mol. The minimum Gasteiger partial charge on any atom is -0.481 e. The van der Waals surface area contributed by atoms with Gasteiger partial charge in [0, 0.05) is 19.6 Å². The van der Waals surface area contributed by atoms with Crippen molar-refractivity contribution in [2.45, 2.75) is 52.3 Å². The summed E-state index contributed by atoms with van der Waals surface area (Å²) in [4.78, 5) is 14.9. The SMILES string of the molecule is CCNC(=O)[C@@H](CC)Oc1ccc2c(c1)[C@@H](c1ccccc1)N(Cc1cccc(C)c1)CC2. The summed E-state index contributed by atoms with van der Waals surface area (Å²) in [5, 5.41) is 2.88. The molecule has 0 unspecified atom stereocenters. The van der Waals surface area contributed by atoms with Crippen LogP contribution < -0.4 is 10.1 Å². The van der Waals surface area contributed by atoms with E-state index in [4.69, 9.17) is 4.74 Å². The third-order valence-electron chi connectivity index (χ3n) is 6.32. The van der Waals surface area contributed by atoms with E-state index in [1.807, 2.05) is 19.9 Å². The largest absolute Gasteiger partial charge is 0.481 e. The van der Waals surface area contributed by atoms with Gasteiger partial charge in [-0.2, -0.15) is 0 Å². The molecule has 0 aromatic heterocycles. The van der Waals surface area contributed by atoms with Gasteiger partial charge in [0.25, 0.3) is 5.91 Å². The van der Waals surface area contributed by atoms with Crippen molar-refractivity contribution in [1.82, 2.24) is 10.2 Å². The first-order valence-corrected chi connectivity index (χ1v) is 12.0. The van der Waals surface area contributed by atoms with Gasteiger partial charge < -0.3 is 10.1 Å². The standard InChI is InChI=1S/C29H34N2O2/c1-4-27(29(32)30-5-2)33-25-15-14-23-16-17-31(20-22-11-9-10-21(3)18-22)28(26(23)19-25)24-12-7-6-8-13-24/h6-15,18-19,27-28H,4-5,16-17,20H2,1-3H3,(H,30,32)/t27-,28-/m1/s1. The first kappa shape index (κ1) is 23.1. The van der Waals surface area contributed by atoms with Gasteiger partial charge in [0.15, 0.2) is 6.10 Å². The molecule has 0 fully saturated rings. The Labute approximate surface area is 197 Å². The molecule has 1 aliphatic heterocycles. The van der Waals surface area contributed by atoms with Crippen molar-refractivity contribution in [1.29, 1.82) is 0 Å². The van der Waals surface area contributed by atoms with Crippen LogP contribution in [0.25, 0.3) is 0 Å². The molecule has 0 aliphatic carbocycles. The van der Waals surface area contributed by atoms with Crippen LogP contribution in [-0.4, -0.2) is 30.0 Å². The van der Waals surface area contributed by atoms with Crippen LogP contribution in [0.15, 0.2) is 72.8 Å². The first-order valence-electron chi connectivity index (χ1n) is 12.0. The molecule has 33 heavy (non-hydrogen) atoms. The molecule has 0 saturated heterocycles. The maximum atomic E-state index is 12.4. The molecule has 1 N–H and O–H groups in total. The molecule has 0 spiro atoms. The third kappa shape index (κ3) is 5.45. The average molecular weight is 443 g/mol. The van der Waals surface area contributed by atoms with Gasteiger partial charge in [0.05, 0.1) is 6.04 Å². The Bertz CT molecular complexity index is 1080. The molecular weight excluding hydrogens is 408 g/mol. The fourth-order valence-electron chi connectivity index (χ4n) is 4.73. The Balaban J connectivity index is 1.68. The molecule has 4 nitrogen and oxygen atoms in total. The second-order valence-electron chi connectivity index (χ2n) is 8.79. The van der Waals surface area contributed by atoms with Crippen LogP contribution in [0.3, 0.4) is 0 Å². The van der Waals surface area contributed by atoms with Gasteiger partial charge in [0.2, 0.25) is 0 Å². The number of hydrogen-bond donors (Lipinski definition) is 1. The van der Waals surface area contributed by atoms with E-state index in [0.717, 1.165) is 25.3 Å². The molecule has 1 amide bonds. The number of likely N-dealkylation sites (N-methyl/N-ethyl adjacent to an activating group) is 1. The molecule has 0 saturated carbocycles. The highest BCUT2D eigenvalue weighted by Crippen LogP contribution is 2.38. The molecule has 3 aromatic rings. The number of rotatable bonds is 8. The molecule has 172 valence electrons. The maximum Gasteiger partial charge on any atom is 0.261 e. The van der Waals surface area contributed by atoms with Gasteiger partial charge in [-0.15, -0.1) is 0 Å². The van der Waals surface area contributed by atoms with Gasteiger partial charge in [-0.1, -0.05) is 73.2 Å². The normalized spacial score (nSPS) is 16.6. The summed E-state index contributed by atoms with van der Waals surface area (Å²) < 4.78 is 6.17. The van der Waals surface area contributed by atoms with Gasteiger partial charge in [-0.25, -0.2) is 0 Å². The summed E-state index contributed by atoms with van der Waals surface area (Å²) in [5.41, 5.74) is 6.51. The highest BCUT2D eigenvalue weighted by molar-refractivity contribution is 5.81. The summed E-state index contributed by atoms with van der Waals surface area (Å²) in [6.45, 7) is 8.55. The smallest absolute Gasteiger partial charge is 0.261 e. The molecule has 0 radical (unpaired) electrons. The fraction of sp³-hybridized carbons (Fsp3) is 0.345. The molecule has 1 aliphatic rings. The van der Waals surface area contributed by atoms with E-state index in [1.54, 1.807) is 0 Å². The van der Waals surface area contributed by atoms with Crippen LogP contribution in [0.1, 0.15) is 54.1 Å². The van der Waals surface area contributed by atoms with Crippen molar-refractivity contribution in [3.63, 3.8) is 0 Å². The topological polar surface area (TPSA) is 41.6 Å². The lowest BCUT2D eigenvalue weighted by atomic mass is 9.87. The summed E-state index contributed by atoms with van der Waals surface area (Å²) >= 11 is 0. The van der Waals surface area contributed by atoms with Gasteiger partial charge in [-0.05, 0) is 61.1 Å². The van der Waals surface area contributed by atoms with Crippen molar-refractivity contribution in [2.24, 2.45) is 0 Å². The molecule has 4 heteroatoms. The van der Waals surface area contributed by atoms with Crippen LogP contribution in [0.4, 0.5) is 0 Å². The van der Waals surface area contributed by atoms with E-state index in [0.29, 0.717) is 13.0 Å². The number of carbonyl (C=O) groups excluding carboxylic acids is 1. The number of fused-ring (bicyclic) bond motifs is 1. The van der Waals surface area contributed by atoms with Gasteiger partial charge in [-0.3, -0.25) is 9.69 Å². The number of amides is 1. The number of benzene rings is 3. The number of carbonyl (C=O) groups is 1. The fourth-order valence-corrected chi connectivity index (χ4v) is 4.73. The van der Waals surface area contributed by atoms with Crippen LogP contribution in [0.2, 0.25) is 0 Å². The van der Waals surface area contributed by atoms with Crippen molar-refractivity contribution in [3.05, 3.63) is 101 Å². The lowest BCUT2D eigenvalue weighted by Crippen LogP contribution is -2.38. The first-order chi connectivity index (χ1) is 16.1. The van der Waals surface area contributed by atoms with Crippen LogP contribution >= 0.6 is 0 Å². The molecule has 4 rings (SSSR count). The molecule has 0 bridgehead atoms. The summed E-state index contributed by atoms with van der Waals surface area (Å²) in [6, 6.07) is 25.9. The third-order valence-corrected chi connectivity index (χ3v) is 6.32. The Morgan fingerprint density at radius 3 is 2.61 bits per heavy atom. The van der Waals surface area contributed by atoms with Gasteiger partial charge >= 0.3 is 0 Å². The number of ether oxygens (including phenoxy) is 1. The Hall–Kier alpha value is -3.11. The highest BCUT2D eigenvalue weighted by Gasteiger charge is 2.29. The zero-order valence-corrected chi connectivity index (χ0v) is 19.9. The van der Waals surface area contributed by atoms with E-state index in [9.17, 15) is 4.79 Å². The average Bonchev–Trinajstić information content (AvgIpc) is 2.83. The molecule has 2 atom stereocenters. The summed E-state index contributed by atoms with van der Waals surface area (Å²) in [6.07, 6.45) is 1.15. The van der Waals surface area contributed by atoms with E-state index < -0.39 is 6.10 Å². The highest BCUT2D eigenvalue weighted by atomic mass is 16.5. The van der Waals surface area contributed by atoms with E-state index in [1.165, 1.54) is 27.8 Å². The minimum absolute atomic E-state index is 0.0570. The Morgan fingerprint density at radius 2 is 1.88 bits per heavy atom. The molecule has 3 aromatic carbocycles. The molecule has 1 heterocycles. The lowest BCUT2D eigenvalue weighted by Gasteiger charge is -2.38. The summed E-state index contributed by atoms with van der Waals surface area (Å²) in [7, 11) is 0. The van der Waals surface area contributed by atoms with E-state index in [-0.39, 0.29) is 11.9 Å².